The van der Waals surface area contributed by atoms with Crippen LogP contribution >= 0.6 is 15.9 Å². The second-order valence-corrected chi connectivity index (χ2v) is 4.57. The third-order valence-corrected chi connectivity index (χ3v) is 2.61. The van der Waals surface area contributed by atoms with E-state index >= 15 is 0 Å². The van der Waals surface area contributed by atoms with Crippen molar-refractivity contribution in [2.24, 2.45) is 0 Å². The summed E-state index contributed by atoms with van der Waals surface area (Å²) in [5.74, 6) is 0.0967. The Morgan fingerprint density at radius 2 is 2.13 bits per heavy atom. The molecule has 1 amide bonds. The highest BCUT2D eigenvalue weighted by Gasteiger charge is 2.15. The Balaban J connectivity index is 3.93. The number of hydrogen-bond acceptors (Lipinski definition) is 2. The third kappa shape index (κ3) is 6.90. The maximum absolute atomic E-state index is 11.8. The molecule has 0 aliphatic carbocycles. The van der Waals surface area contributed by atoms with Gasteiger partial charge < -0.3 is 9.64 Å². The molecule has 3 nitrogen and oxygen atoms in total. The average Bonchev–Trinajstić information content (AvgIpc) is 2.18. The van der Waals surface area contributed by atoms with E-state index in [0.717, 1.165) is 24.7 Å². The van der Waals surface area contributed by atoms with Crippen molar-refractivity contribution < 1.29 is 9.53 Å². The van der Waals surface area contributed by atoms with Crippen molar-refractivity contribution >= 4 is 21.8 Å². The summed E-state index contributed by atoms with van der Waals surface area (Å²) in [7, 11) is 0. The second-order valence-electron chi connectivity index (χ2n) is 3.78. The van der Waals surface area contributed by atoms with Crippen LogP contribution in [0.15, 0.2) is 0 Å². The quantitative estimate of drug-likeness (QED) is 0.505. The van der Waals surface area contributed by atoms with Gasteiger partial charge in [0.25, 0.3) is 0 Å². The largest absolute Gasteiger partial charge is 0.372 e. The first kappa shape index (κ1) is 14.9. The summed E-state index contributed by atoms with van der Waals surface area (Å²) in [6.07, 6.45) is 1.94. The van der Waals surface area contributed by atoms with Crippen LogP contribution in [0.3, 0.4) is 0 Å². The molecule has 0 aromatic rings. The van der Waals surface area contributed by atoms with Crippen LogP contribution in [0.1, 0.15) is 33.6 Å². The lowest BCUT2D eigenvalue weighted by Gasteiger charge is -2.26. The Bertz CT molecular complexity index is 174. The summed E-state index contributed by atoms with van der Waals surface area (Å²) < 4.78 is 5.25. The van der Waals surface area contributed by atoms with Gasteiger partial charge in [0.15, 0.2) is 0 Å². The molecular weight excluding hydrogens is 258 g/mol. The molecule has 0 radical (unpaired) electrons. The number of alkyl halides is 1. The molecule has 0 unspecified atom stereocenters. The van der Waals surface area contributed by atoms with Gasteiger partial charge in [0.1, 0.15) is 6.61 Å². The predicted octanol–water partition coefficient (Wildman–Crippen LogP) is 2.44. The number of ether oxygens (including phenoxy) is 1. The first-order chi connectivity index (χ1) is 7.13. The molecule has 0 aromatic carbocycles. The van der Waals surface area contributed by atoms with Gasteiger partial charge in [0.2, 0.25) is 5.91 Å². The molecule has 0 bridgehead atoms. The third-order valence-electron chi connectivity index (χ3n) is 2.05. The van der Waals surface area contributed by atoms with Gasteiger partial charge in [-0.1, -0.05) is 22.9 Å². The fourth-order valence-electron chi connectivity index (χ4n) is 1.29. The topological polar surface area (TPSA) is 29.5 Å². The van der Waals surface area contributed by atoms with Crippen molar-refractivity contribution in [1.29, 1.82) is 0 Å². The minimum absolute atomic E-state index is 0.0967. The zero-order valence-electron chi connectivity index (χ0n) is 9.96. The van der Waals surface area contributed by atoms with Gasteiger partial charge in [0, 0.05) is 24.5 Å². The molecule has 0 saturated heterocycles. The fourth-order valence-corrected chi connectivity index (χ4v) is 1.54. The van der Waals surface area contributed by atoms with E-state index in [1.54, 1.807) is 0 Å². The average molecular weight is 280 g/mol. The number of hydrogen-bond donors (Lipinski definition) is 0. The lowest BCUT2D eigenvalue weighted by molar-refractivity contribution is -0.137. The van der Waals surface area contributed by atoms with Crippen LogP contribution in [0.5, 0.6) is 0 Å². The summed E-state index contributed by atoms with van der Waals surface area (Å²) >= 11 is 3.37. The molecule has 0 heterocycles. The molecule has 15 heavy (non-hydrogen) atoms. The Morgan fingerprint density at radius 1 is 1.47 bits per heavy atom. The van der Waals surface area contributed by atoms with Crippen LogP contribution in [-0.2, 0) is 9.53 Å². The number of nitrogens with zero attached hydrogens (tertiary/aromatic N) is 1. The van der Waals surface area contributed by atoms with E-state index in [9.17, 15) is 4.79 Å². The van der Waals surface area contributed by atoms with Crippen molar-refractivity contribution in [3.05, 3.63) is 0 Å². The zero-order chi connectivity index (χ0) is 11.7. The zero-order valence-corrected chi connectivity index (χ0v) is 11.5. The van der Waals surface area contributed by atoms with Gasteiger partial charge in [-0.2, -0.15) is 0 Å². The lowest BCUT2D eigenvalue weighted by Crippen LogP contribution is -2.40. The summed E-state index contributed by atoms with van der Waals surface area (Å²) in [6, 6.07) is 0.252. The maximum atomic E-state index is 11.8. The normalized spacial score (nSPS) is 10.7. The van der Waals surface area contributed by atoms with Gasteiger partial charge in [-0.05, 0) is 26.7 Å². The Hall–Kier alpha value is -0.0900. The van der Waals surface area contributed by atoms with E-state index in [2.05, 4.69) is 15.9 Å². The molecule has 0 aliphatic rings. The van der Waals surface area contributed by atoms with Crippen molar-refractivity contribution in [2.45, 2.75) is 39.7 Å². The van der Waals surface area contributed by atoms with Crippen molar-refractivity contribution in [1.82, 2.24) is 4.90 Å². The van der Waals surface area contributed by atoms with Crippen molar-refractivity contribution in [2.75, 3.05) is 25.1 Å². The minimum atomic E-state index is 0.0967. The van der Waals surface area contributed by atoms with Crippen LogP contribution in [-0.4, -0.2) is 41.9 Å². The Morgan fingerprint density at radius 3 is 2.60 bits per heavy atom. The summed E-state index contributed by atoms with van der Waals surface area (Å²) in [6.45, 7) is 7.79. The molecule has 0 fully saturated rings. The van der Waals surface area contributed by atoms with Crippen LogP contribution in [0, 0.1) is 0 Å². The van der Waals surface area contributed by atoms with E-state index in [1.807, 2.05) is 25.7 Å². The molecule has 90 valence electrons. The van der Waals surface area contributed by atoms with Crippen LogP contribution in [0.25, 0.3) is 0 Å². The molecular formula is C11H22BrNO2. The summed E-state index contributed by atoms with van der Waals surface area (Å²) in [5.41, 5.74) is 0. The van der Waals surface area contributed by atoms with Crippen LogP contribution < -0.4 is 0 Å². The lowest BCUT2D eigenvalue weighted by atomic mass is 10.3. The Kier molecular flexibility index (Phi) is 9.10. The number of amides is 1. The molecule has 0 atom stereocenters. The van der Waals surface area contributed by atoms with E-state index in [4.69, 9.17) is 4.74 Å². The molecule has 0 spiro atoms. The number of carbonyl (C=O) groups excluding carboxylic acids is 1. The molecule has 0 aliphatic heterocycles. The number of rotatable bonds is 8. The van der Waals surface area contributed by atoms with E-state index < -0.39 is 0 Å². The number of carbonyl (C=O) groups is 1. The SMILES string of the molecule is CCCOCC(=O)N(CCCBr)C(C)C. The Labute approximate surface area is 101 Å². The monoisotopic (exact) mass is 279 g/mol. The predicted molar refractivity (Wildman–Crippen MR) is 66.4 cm³/mol. The summed E-state index contributed by atoms with van der Waals surface area (Å²) in [5, 5.41) is 0.930. The van der Waals surface area contributed by atoms with Gasteiger partial charge in [-0.3, -0.25) is 4.79 Å². The van der Waals surface area contributed by atoms with Crippen LogP contribution in [0.4, 0.5) is 0 Å². The second kappa shape index (κ2) is 9.16. The van der Waals surface area contributed by atoms with E-state index in [1.165, 1.54) is 0 Å². The van der Waals surface area contributed by atoms with Crippen LogP contribution in [0.2, 0.25) is 0 Å². The molecule has 0 saturated carbocycles. The van der Waals surface area contributed by atoms with Crippen molar-refractivity contribution in [3.8, 4) is 0 Å². The molecule has 0 aromatic heterocycles. The van der Waals surface area contributed by atoms with Gasteiger partial charge in [0.05, 0.1) is 0 Å². The van der Waals surface area contributed by atoms with E-state index in [0.29, 0.717) is 6.61 Å². The first-order valence-corrected chi connectivity index (χ1v) is 6.68. The highest BCUT2D eigenvalue weighted by molar-refractivity contribution is 9.09. The standard InChI is InChI=1S/C11H22BrNO2/c1-4-8-15-9-11(14)13(10(2)3)7-5-6-12/h10H,4-9H2,1-3H3. The summed E-state index contributed by atoms with van der Waals surface area (Å²) in [4.78, 5) is 13.6. The number of halogens is 1. The van der Waals surface area contributed by atoms with Gasteiger partial charge >= 0.3 is 0 Å². The highest BCUT2D eigenvalue weighted by Crippen LogP contribution is 2.02. The highest BCUT2D eigenvalue weighted by atomic mass is 79.9. The fraction of sp³-hybridized carbons (Fsp3) is 0.909. The van der Waals surface area contributed by atoms with Gasteiger partial charge in [-0.25, -0.2) is 0 Å². The first-order valence-electron chi connectivity index (χ1n) is 5.56. The molecule has 0 rings (SSSR count). The molecule has 4 heteroatoms. The van der Waals surface area contributed by atoms with Gasteiger partial charge in [-0.15, -0.1) is 0 Å². The molecule has 0 N–H and O–H groups in total. The smallest absolute Gasteiger partial charge is 0.248 e. The van der Waals surface area contributed by atoms with Crippen molar-refractivity contribution in [3.63, 3.8) is 0 Å². The maximum Gasteiger partial charge on any atom is 0.248 e. The minimum Gasteiger partial charge on any atom is -0.372 e. The van der Waals surface area contributed by atoms with E-state index in [-0.39, 0.29) is 18.6 Å².